The molecule has 0 bridgehead atoms. The number of anilines is 1. The van der Waals surface area contributed by atoms with Gasteiger partial charge in [0, 0.05) is 17.1 Å². The Morgan fingerprint density at radius 2 is 2.35 bits per heavy atom. The zero-order valence-electron chi connectivity index (χ0n) is 9.87. The predicted octanol–water partition coefficient (Wildman–Crippen LogP) is 3.94. The highest BCUT2D eigenvalue weighted by Crippen LogP contribution is 2.23. The average molecular weight is 250 g/mol. The molecule has 2 nitrogen and oxygen atoms in total. The number of hydrogen-bond donors (Lipinski definition) is 1. The number of carbonyl (C=O) groups is 1. The van der Waals surface area contributed by atoms with Crippen molar-refractivity contribution in [2.45, 2.75) is 26.2 Å². The fourth-order valence-electron chi connectivity index (χ4n) is 1.99. The second-order valence-corrected chi connectivity index (χ2v) is 4.89. The normalized spacial score (nSPS) is 18.4. The summed E-state index contributed by atoms with van der Waals surface area (Å²) in [6.07, 6.45) is 7.00. The number of benzene rings is 1. The number of halogens is 1. The van der Waals surface area contributed by atoms with E-state index >= 15 is 0 Å². The third-order valence-electron chi connectivity index (χ3n) is 3.02. The van der Waals surface area contributed by atoms with Gasteiger partial charge in [-0.25, -0.2) is 0 Å². The molecule has 0 unspecified atom stereocenters. The van der Waals surface area contributed by atoms with Crippen molar-refractivity contribution in [3.8, 4) is 0 Å². The van der Waals surface area contributed by atoms with Gasteiger partial charge in [0.05, 0.1) is 0 Å². The molecule has 90 valence electrons. The van der Waals surface area contributed by atoms with Crippen molar-refractivity contribution < 1.29 is 4.79 Å². The van der Waals surface area contributed by atoms with Gasteiger partial charge in [-0.3, -0.25) is 4.79 Å². The van der Waals surface area contributed by atoms with Crippen LogP contribution in [0.1, 0.15) is 24.8 Å². The molecule has 1 aromatic carbocycles. The fraction of sp³-hybridized carbons (Fsp3) is 0.357. The first-order chi connectivity index (χ1) is 8.15. The fourth-order valence-corrected chi connectivity index (χ4v) is 2.17. The number of amides is 1. The summed E-state index contributed by atoms with van der Waals surface area (Å²) in [5.41, 5.74) is 1.79. The summed E-state index contributed by atoms with van der Waals surface area (Å²) in [4.78, 5) is 11.8. The van der Waals surface area contributed by atoms with Crippen molar-refractivity contribution in [1.29, 1.82) is 0 Å². The van der Waals surface area contributed by atoms with Crippen LogP contribution in [0.15, 0.2) is 30.4 Å². The minimum absolute atomic E-state index is 0.0569. The van der Waals surface area contributed by atoms with E-state index in [9.17, 15) is 4.79 Å². The summed E-state index contributed by atoms with van der Waals surface area (Å²) in [7, 11) is 0. The molecule has 0 fully saturated rings. The van der Waals surface area contributed by atoms with Gasteiger partial charge < -0.3 is 5.32 Å². The number of rotatable bonds is 3. The first-order valence-corrected chi connectivity index (χ1v) is 6.25. The maximum Gasteiger partial charge on any atom is 0.224 e. The van der Waals surface area contributed by atoms with Crippen LogP contribution < -0.4 is 5.32 Å². The summed E-state index contributed by atoms with van der Waals surface area (Å²) in [6, 6.07) is 5.58. The minimum Gasteiger partial charge on any atom is -0.326 e. The molecule has 0 saturated carbocycles. The Balaban J connectivity index is 1.93. The molecule has 0 spiro atoms. The minimum atomic E-state index is 0.0569. The van der Waals surface area contributed by atoms with Crippen LogP contribution in [-0.2, 0) is 4.79 Å². The third kappa shape index (κ3) is 3.34. The Kier molecular flexibility index (Phi) is 3.85. The van der Waals surface area contributed by atoms with Crippen molar-refractivity contribution in [2.75, 3.05) is 5.32 Å². The standard InChI is InChI=1S/C14H16ClNO/c1-10-6-7-12(9-13(10)15)16-14(17)8-11-4-2-3-5-11/h2,4,6-7,9,11H,3,5,8H2,1H3,(H,16,17)/t11-/m0/s1. The van der Waals surface area contributed by atoms with Crippen LogP contribution in [0.5, 0.6) is 0 Å². The van der Waals surface area contributed by atoms with E-state index in [1.165, 1.54) is 0 Å². The Morgan fingerprint density at radius 1 is 1.53 bits per heavy atom. The van der Waals surface area contributed by atoms with Gasteiger partial charge in [0.15, 0.2) is 0 Å². The summed E-state index contributed by atoms with van der Waals surface area (Å²) in [6.45, 7) is 1.94. The summed E-state index contributed by atoms with van der Waals surface area (Å²) in [5, 5.41) is 3.56. The van der Waals surface area contributed by atoms with Crippen LogP contribution in [0.25, 0.3) is 0 Å². The summed E-state index contributed by atoms with van der Waals surface area (Å²) >= 11 is 6.01. The molecular weight excluding hydrogens is 234 g/mol. The number of hydrogen-bond acceptors (Lipinski definition) is 1. The molecule has 1 aromatic rings. The summed E-state index contributed by atoms with van der Waals surface area (Å²) < 4.78 is 0. The molecule has 2 rings (SSSR count). The molecule has 0 radical (unpaired) electrons. The van der Waals surface area contributed by atoms with Crippen molar-refractivity contribution in [3.05, 3.63) is 40.9 Å². The van der Waals surface area contributed by atoms with Crippen LogP contribution in [0.4, 0.5) is 5.69 Å². The van der Waals surface area contributed by atoms with Crippen LogP contribution in [0.2, 0.25) is 5.02 Å². The van der Waals surface area contributed by atoms with Crippen LogP contribution in [0.3, 0.4) is 0 Å². The maximum atomic E-state index is 11.8. The van der Waals surface area contributed by atoms with Gasteiger partial charge in [0.25, 0.3) is 0 Å². The van der Waals surface area contributed by atoms with E-state index in [1.54, 1.807) is 6.07 Å². The lowest BCUT2D eigenvalue weighted by molar-refractivity contribution is -0.116. The maximum absolute atomic E-state index is 11.8. The van der Waals surface area contributed by atoms with Crippen molar-refractivity contribution in [1.82, 2.24) is 0 Å². The van der Waals surface area contributed by atoms with Crippen molar-refractivity contribution in [3.63, 3.8) is 0 Å². The summed E-state index contributed by atoms with van der Waals surface area (Å²) in [5.74, 6) is 0.456. The SMILES string of the molecule is Cc1ccc(NC(=O)C[C@H]2C=CCC2)cc1Cl. The van der Waals surface area contributed by atoms with E-state index < -0.39 is 0 Å². The van der Waals surface area contributed by atoms with Crippen LogP contribution >= 0.6 is 11.6 Å². The van der Waals surface area contributed by atoms with Crippen molar-refractivity contribution >= 4 is 23.2 Å². The molecular formula is C14H16ClNO. The highest BCUT2D eigenvalue weighted by molar-refractivity contribution is 6.31. The molecule has 0 heterocycles. The van der Waals surface area contributed by atoms with Gasteiger partial charge in [-0.1, -0.05) is 29.8 Å². The van der Waals surface area contributed by atoms with Gasteiger partial charge in [-0.2, -0.15) is 0 Å². The molecule has 3 heteroatoms. The zero-order chi connectivity index (χ0) is 12.3. The van der Waals surface area contributed by atoms with E-state index in [-0.39, 0.29) is 5.91 Å². The van der Waals surface area contributed by atoms with E-state index in [2.05, 4.69) is 17.5 Å². The molecule has 1 N–H and O–H groups in total. The number of carbonyl (C=O) groups excluding carboxylic acids is 1. The Morgan fingerprint density at radius 3 is 3.00 bits per heavy atom. The highest BCUT2D eigenvalue weighted by atomic mass is 35.5. The molecule has 1 aliphatic rings. The number of allylic oxidation sites excluding steroid dienone is 2. The molecule has 17 heavy (non-hydrogen) atoms. The van der Waals surface area contributed by atoms with Crippen LogP contribution in [0, 0.1) is 12.8 Å². The largest absolute Gasteiger partial charge is 0.326 e. The Labute approximate surface area is 107 Å². The molecule has 0 aliphatic heterocycles. The smallest absolute Gasteiger partial charge is 0.224 e. The first-order valence-electron chi connectivity index (χ1n) is 5.88. The van der Waals surface area contributed by atoms with E-state index in [0.29, 0.717) is 17.4 Å². The van der Waals surface area contributed by atoms with Crippen molar-refractivity contribution in [2.24, 2.45) is 5.92 Å². The molecule has 0 saturated heterocycles. The van der Waals surface area contributed by atoms with Gasteiger partial charge in [0.1, 0.15) is 0 Å². The van der Waals surface area contributed by atoms with E-state index in [1.807, 2.05) is 19.1 Å². The number of nitrogens with one attached hydrogen (secondary N) is 1. The lowest BCUT2D eigenvalue weighted by atomic mass is 10.1. The molecule has 0 aromatic heterocycles. The highest BCUT2D eigenvalue weighted by Gasteiger charge is 2.14. The topological polar surface area (TPSA) is 29.1 Å². The van der Waals surface area contributed by atoms with E-state index in [4.69, 9.17) is 11.6 Å². The second-order valence-electron chi connectivity index (χ2n) is 4.48. The van der Waals surface area contributed by atoms with Gasteiger partial charge >= 0.3 is 0 Å². The van der Waals surface area contributed by atoms with Crippen LogP contribution in [-0.4, -0.2) is 5.91 Å². The molecule has 1 aliphatic carbocycles. The van der Waals surface area contributed by atoms with Gasteiger partial charge in [-0.05, 0) is 43.4 Å². The van der Waals surface area contributed by atoms with Gasteiger partial charge in [-0.15, -0.1) is 0 Å². The number of aryl methyl sites for hydroxylation is 1. The Hall–Kier alpha value is -1.28. The zero-order valence-corrected chi connectivity index (χ0v) is 10.6. The molecule has 1 atom stereocenters. The molecule has 1 amide bonds. The second kappa shape index (κ2) is 5.37. The van der Waals surface area contributed by atoms with Gasteiger partial charge in [0.2, 0.25) is 5.91 Å². The predicted molar refractivity (Wildman–Crippen MR) is 71.3 cm³/mol. The monoisotopic (exact) mass is 249 g/mol. The average Bonchev–Trinajstić information content (AvgIpc) is 2.76. The van der Waals surface area contributed by atoms with E-state index in [0.717, 1.165) is 24.1 Å². The lowest BCUT2D eigenvalue weighted by Crippen LogP contribution is -2.14. The lowest BCUT2D eigenvalue weighted by Gasteiger charge is -2.09. The first kappa shape index (κ1) is 12.2. The third-order valence-corrected chi connectivity index (χ3v) is 3.42. The Bertz CT molecular complexity index is 454. The quantitative estimate of drug-likeness (QED) is 0.808.